The Bertz CT molecular complexity index is 529. The van der Waals surface area contributed by atoms with E-state index < -0.39 is 0 Å². The van der Waals surface area contributed by atoms with Crippen molar-refractivity contribution in [3.63, 3.8) is 0 Å². The summed E-state index contributed by atoms with van der Waals surface area (Å²) in [6.07, 6.45) is 1.77. The van der Waals surface area contributed by atoms with E-state index in [-0.39, 0.29) is 0 Å². The summed E-state index contributed by atoms with van der Waals surface area (Å²) in [6.45, 7) is 1.98. The molecule has 0 saturated heterocycles. The zero-order valence-electron chi connectivity index (χ0n) is 9.81. The number of methoxy groups -OCH3 is 1. The topological polar surface area (TPSA) is 48.1 Å². The number of rotatable bonds is 3. The maximum atomic E-state index is 5.99. The summed E-state index contributed by atoms with van der Waals surface area (Å²) < 4.78 is 5.18. The van der Waals surface area contributed by atoms with Crippen molar-refractivity contribution in [2.24, 2.45) is 0 Å². The molecule has 2 rings (SSSR count). The van der Waals surface area contributed by atoms with Crippen LogP contribution in [-0.2, 0) is 0 Å². The zero-order chi connectivity index (χ0) is 12.3. The lowest BCUT2D eigenvalue weighted by Gasteiger charge is -2.07. The number of aryl methyl sites for hydroxylation is 1. The predicted octanol–water partition coefficient (Wildman–Crippen LogP) is 3.13. The number of hydrogen-bond acceptors (Lipinski definition) is 4. The summed E-state index contributed by atoms with van der Waals surface area (Å²) in [6, 6.07) is 9.75. The van der Waals surface area contributed by atoms with Crippen molar-refractivity contribution in [2.75, 3.05) is 12.8 Å². The molecule has 2 N–H and O–H groups in total. The Morgan fingerprint density at radius 3 is 2.88 bits per heavy atom. The van der Waals surface area contributed by atoms with Gasteiger partial charge in [-0.1, -0.05) is 17.8 Å². The van der Waals surface area contributed by atoms with Gasteiger partial charge in [0.2, 0.25) is 0 Å². The number of anilines is 1. The largest absolute Gasteiger partial charge is 0.497 e. The molecule has 1 aromatic carbocycles. The number of benzene rings is 1. The normalized spacial score (nSPS) is 10.2. The number of nitrogens with zero attached hydrogens (tertiary/aromatic N) is 1. The van der Waals surface area contributed by atoms with E-state index in [9.17, 15) is 0 Å². The Hall–Kier alpha value is -1.68. The Labute approximate surface area is 105 Å². The highest BCUT2D eigenvalue weighted by atomic mass is 32.2. The lowest BCUT2D eigenvalue weighted by molar-refractivity contribution is 0.413. The summed E-state index contributed by atoms with van der Waals surface area (Å²) in [4.78, 5) is 5.35. The Kier molecular flexibility index (Phi) is 3.54. The summed E-state index contributed by atoms with van der Waals surface area (Å²) in [7, 11) is 1.66. The van der Waals surface area contributed by atoms with E-state index in [0.717, 1.165) is 26.9 Å². The number of aromatic nitrogens is 1. The van der Waals surface area contributed by atoms with Gasteiger partial charge in [0.25, 0.3) is 0 Å². The molecule has 0 aliphatic rings. The number of nitrogen functional groups attached to an aromatic ring is 1. The first-order chi connectivity index (χ1) is 8.20. The first-order valence-electron chi connectivity index (χ1n) is 5.23. The molecule has 0 bridgehead atoms. The van der Waals surface area contributed by atoms with Crippen LogP contribution in [0.5, 0.6) is 5.75 Å². The minimum atomic E-state index is 0.736. The Morgan fingerprint density at radius 2 is 2.12 bits per heavy atom. The van der Waals surface area contributed by atoms with Gasteiger partial charge < -0.3 is 10.5 Å². The van der Waals surface area contributed by atoms with Crippen LogP contribution >= 0.6 is 11.8 Å². The molecule has 0 atom stereocenters. The van der Waals surface area contributed by atoms with E-state index in [0.29, 0.717) is 0 Å². The smallest absolute Gasteiger partial charge is 0.124 e. The molecule has 88 valence electrons. The predicted molar refractivity (Wildman–Crippen MR) is 70.5 cm³/mol. The second-order valence-corrected chi connectivity index (χ2v) is 4.69. The van der Waals surface area contributed by atoms with Crippen LogP contribution in [-0.4, -0.2) is 12.1 Å². The molecule has 0 saturated carbocycles. The molecule has 2 aromatic rings. The Balaban J connectivity index is 2.28. The number of hydrogen-bond donors (Lipinski definition) is 1. The molecule has 0 amide bonds. The fraction of sp³-hybridized carbons (Fsp3) is 0.154. The van der Waals surface area contributed by atoms with Crippen LogP contribution in [0.15, 0.2) is 46.5 Å². The summed E-state index contributed by atoms with van der Waals surface area (Å²) in [5.74, 6) is 0.834. The van der Waals surface area contributed by atoms with E-state index in [4.69, 9.17) is 10.5 Å². The SMILES string of the molecule is COc1cccc(Sc2nccc(C)c2N)c1. The average Bonchev–Trinajstić information content (AvgIpc) is 2.35. The third kappa shape index (κ3) is 2.71. The van der Waals surface area contributed by atoms with Crippen molar-refractivity contribution in [1.29, 1.82) is 0 Å². The van der Waals surface area contributed by atoms with Gasteiger partial charge in [-0.2, -0.15) is 0 Å². The van der Waals surface area contributed by atoms with Crippen molar-refractivity contribution >= 4 is 17.4 Å². The molecule has 0 spiro atoms. The molecule has 0 aliphatic heterocycles. The van der Waals surface area contributed by atoms with Gasteiger partial charge in [0.1, 0.15) is 10.8 Å². The van der Waals surface area contributed by atoms with Gasteiger partial charge in [-0.15, -0.1) is 0 Å². The molecule has 0 radical (unpaired) electrons. The first-order valence-corrected chi connectivity index (χ1v) is 6.05. The van der Waals surface area contributed by atoms with Crippen molar-refractivity contribution in [2.45, 2.75) is 16.8 Å². The molecule has 1 heterocycles. The fourth-order valence-electron chi connectivity index (χ4n) is 1.40. The van der Waals surface area contributed by atoms with Crippen LogP contribution in [0.4, 0.5) is 5.69 Å². The number of pyridine rings is 1. The van der Waals surface area contributed by atoms with Crippen LogP contribution in [0.3, 0.4) is 0 Å². The molecule has 3 nitrogen and oxygen atoms in total. The molecule has 0 unspecified atom stereocenters. The van der Waals surface area contributed by atoms with E-state index in [1.165, 1.54) is 0 Å². The van der Waals surface area contributed by atoms with Crippen molar-refractivity contribution in [3.05, 3.63) is 42.1 Å². The average molecular weight is 246 g/mol. The van der Waals surface area contributed by atoms with Gasteiger partial charge in [-0.25, -0.2) is 4.98 Å². The van der Waals surface area contributed by atoms with E-state index in [1.54, 1.807) is 25.1 Å². The van der Waals surface area contributed by atoms with E-state index in [1.807, 2.05) is 37.3 Å². The van der Waals surface area contributed by atoms with Crippen LogP contribution < -0.4 is 10.5 Å². The van der Waals surface area contributed by atoms with Crippen LogP contribution in [0.25, 0.3) is 0 Å². The van der Waals surface area contributed by atoms with Crippen molar-refractivity contribution in [1.82, 2.24) is 4.98 Å². The monoisotopic (exact) mass is 246 g/mol. The molecule has 17 heavy (non-hydrogen) atoms. The molecule has 0 aliphatic carbocycles. The van der Waals surface area contributed by atoms with Crippen molar-refractivity contribution in [3.8, 4) is 5.75 Å². The van der Waals surface area contributed by atoms with Gasteiger partial charge in [0, 0.05) is 11.1 Å². The van der Waals surface area contributed by atoms with Crippen LogP contribution in [0, 0.1) is 6.92 Å². The summed E-state index contributed by atoms with van der Waals surface area (Å²) >= 11 is 1.54. The maximum absolute atomic E-state index is 5.99. The van der Waals surface area contributed by atoms with Crippen molar-refractivity contribution < 1.29 is 4.74 Å². The fourth-order valence-corrected chi connectivity index (χ4v) is 2.33. The quantitative estimate of drug-likeness (QED) is 0.904. The van der Waals surface area contributed by atoms with Gasteiger partial charge in [0.05, 0.1) is 12.8 Å². The minimum Gasteiger partial charge on any atom is -0.497 e. The molecular weight excluding hydrogens is 232 g/mol. The van der Waals surface area contributed by atoms with Crippen LogP contribution in [0.2, 0.25) is 0 Å². The maximum Gasteiger partial charge on any atom is 0.124 e. The first kappa shape index (κ1) is 11.8. The second kappa shape index (κ2) is 5.10. The highest BCUT2D eigenvalue weighted by molar-refractivity contribution is 7.99. The standard InChI is InChI=1S/C13H14N2OS/c1-9-6-7-15-13(12(9)14)17-11-5-3-4-10(8-11)16-2/h3-8H,14H2,1-2H3. The number of ether oxygens (including phenoxy) is 1. The lowest BCUT2D eigenvalue weighted by atomic mass is 10.3. The molecular formula is C13H14N2OS. The van der Waals surface area contributed by atoms with E-state index in [2.05, 4.69) is 4.98 Å². The zero-order valence-corrected chi connectivity index (χ0v) is 10.6. The third-order valence-corrected chi connectivity index (χ3v) is 3.44. The third-order valence-electron chi connectivity index (χ3n) is 2.43. The molecule has 1 aromatic heterocycles. The molecule has 4 heteroatoms. The summed E-state index contributed by atoms with van der Waals surface area (Å²) in [5, 5.41) is 0.832. The van der Waals surface area contributed by atoms with Gasteiger partial charge >= 0.3 is 0 Å². The van der Waals surface area contributed by atoms with Gasteiger partial charge in [0.15, 0.2) is 0 Å². The highest BCUT2D eigenvalue weighted by Crippen LogP contribution is 2.33. The van der Waals surface area contributed by atoms with Crippen LogP contribution in [0.1, 0.15) is 5.56 Å². The van der Waals surface area contributed by atoms with E-state index >= 15 is 0 Å². The Morgan fingerprint density at radius 1 is 1.29 bits per heavy atom. The van der Waals surface area contributed by atoms with Gasteiger partial charge in [-0.05, 0) is 36.8 Å². The summed E-state index contributed by atoms with van der Waals surface area (Å²) in [5.41, 5.74) is 7.77. The highest BCUT2D eigenvalue weighted by Gasteiger charge is 2.06. The second-order valence-electron chi connectivity index (χ2n) is 3.63. The molecule has 0 fully saturated rings. The number of nitrogens with two attached hydrogens (primary N) is 1. The van der Waals surface area contributed by atoms with Gasteiger partial charge in [-0.3, -0.25) is 0 Å². The minimum absolute atomic E-state index is 0.736. The lowest BCUT2D eigenvalue weighted by Crippen LogP contribution is -1.94.